The highest BCUT2D eigenvalue weighted by molar-refractivity contribution is 8.01. The number of hydrogen-bond donors (Lipinski definition) is 2. The number of hydrogen-bond acceptors (Lipinski definition) is 3. The summed E-state index contributed by atoms with van der Waals surface area (Å²) in [5, 5.41) is 11.5. The van der Waals surface area contributed by atoms with Crippen molar-refractivity contribution in [3.05, 3.63) is 0 Å². The first kappa shape index (κ1) is 15.3. The van der Waals surface area contributed by atoms with Crippen LogP contribution in [0.25, 0.3) is 0 Å². The summed E-state index contributed by atoms with van der Waals surface area (Å²) >= 11 is 1.22. The summed E-state index contributed by atoms with van der Waals surface area (Å²) in [6.07, 6.45) is 5.74. The van der Waals surface area contributed by atoms with Crippen LogP contribution in [0.3, 0.4) is 0 Å². The Bertz CT molecular complexity index is 288. The lowest BCUT2D eigenvalue weighted by Gasteiger charge is -2.23. The van der Waals surface area contributed by atoms with Crippen molar-refractivity contribution in [3.8, 4) is 0 Å². The third-order valence-corrected chi connectivity index (χ3v) is 4.75. The molecule has 0 spiro atoms. The first-order valence-corrected chi connectivity index (χ1v) is 7.69. The lowest BCUT2D eigenvalue weighted by Crippen LogP contribution is -2.38. The van der Waals surface area contributed by atoms with Gasteiger partial charge in [-0.05, 0) is 18.8 Å². The predicted octanol–water partition coefficient (Wildman–Crippen LogP) is 2.28. The van der Waals surface area contributed by atoms with Crippen LogP contribution in [0.4, 0.5) is 0 Å². The highest BCUT2D eigenvalue weighted by Crippen LogP contribution is 2.21. The number of thioether (sulfide) groups is 1. The molecule has 1 aliphatic rings. The van der Waals surface area contributed by atoms with Crippen molar-refractivity contribution in [3.63, 3.8) is 0 Å². The number of carbonyl (C=O) groups is 2. The molecule has 1 rings (SSSR count). The number of carboxylic acid groups (broad SMARTS) is 1. The Morgan fingerprint density at radius 3 is 2.39 bits per heavy atom. The van der Waals surface area contributed by atoms with E-state index in [2.05, 4.69) is 5.32 Å². The molecule has 4 nitrogen and oxygen atoms in total. The van der Waals surface area contributed by atoms with Crippen LogP contribution in [0.15, 0.2) is 0 Å². The molecule has 0 heterocycles. The topological polar surface area (TPSA) is 66.4 Å². The van der Waals surface area contributed by atoms with E-state index >= 15 is 0 Å². The van der Waals surface area contributed by atoms with Gasteiger partial charge < -0.3 is 10.4 Å². The average Bonchev–Trinajstić information content (AvgIpc) is 2.29. The summed E-state index contributed by atoms with van der Waals surface area (Å²) in [7, 11) is 0. The number of carboxylic acids is 1. The Labute approximate surface area is 113 Å². The Morgan fingerprint density at radius 1 is 1.28 bits per heavy atom. The molecule has 1 aliphatic carbocycles. The first-order valence-electron chi connectivity index (χ1n) is 6.64. The van der Waals surface area contributed by atoms with E-state index in [1.54, 1.807) is 0 Å². The van der Waals surface area contributed by atoms with E-state index in [1.165, 1.54) is 31.0 Å². The summed E-state index contributed by atoms with van der Waals surface area (Å²) in [6, 6.07) is 0.300. The summed E-state index contributed by atoms with van der Waals surface area (Å²) < 4.78 is 0. The molecule has 0 aromatic heterocycles. The molecular formula is C13H23NO3S. The molecule has 1 amide bonds. The summed E-state index contributed by atoms with van der Waals surface area (Å²) in [5.41, 5.74) is 0. The predicted molar refractivity (Wildman–Crippen MR) is 73.7 cm³/mol. The van der Waals surface area contributed by atoms with Crippen molar-refractivity contribution in [2.75, 3.05) is 5.75 Å². The van der Waals surface area contributed by atoms with Crippen LogP contribution in [-0.2, 0) is 9.59 Å². The number of aliphatic carboxylic acids is 1. The molecule has 5 heteroatoms. The fourth-order valence-corrected chi connectivity index (χ4v) is 3.17. The molecule has 0 aliphatic heterocycles. The van der Waals surface area contributed by atoms with Crippen molar-refractivity contribution in [1.29, 1.82) is 0 Å². The van der Waals surface area contributed by atoms with Gasteiger partial charge in [0.1, 0.15) is 5.25 Å². The zero-order valence-electron chi connectivity index (χ0n) is 11.1. The molecule has 0 saturated heterocycles. The fraction of sp³-hybridized carbons (Fsp3) is 0.846. The van der Waals surface area contributed by atoms with Gasteiger partial charge in [0.25, 0.3) is 0 Å². The Hall–Kier alpha value is -0.710. The van der Waals surface area contributed by atoms with E-state index in [9.17, 15) is 9.59 Å². The van der Waals surface area contributed by atoms with E-state index in [1.807, 2.05) is 13.8 Å². The summed E-state index contributed by atoms with van der Waals surface area (Å²) in [4.78, 5) is 22.7. The standard InChI is InChI=1S/C13H23NO3S/c1-9(2)12(13(16)17)18-8-11(15)14-10-6-4-3-5-7-10/h9-10,12H,3-8H2,1-2H3,(H,14,15)(H,16,17). The molecule has 0 aromatic carbocycles. The van der Waals surface area contributed by atoms with Crippen molar-refractivity contribution < 1.29 is 14.7 Å². The van der Waals surface area contributed by atoms with Crippen LogP contribution in [0.2, 0.25) is 0 Å². The maximum absolute atomic E-state index is 11.7. The summed E-state index contributed by atoms with van der Waals surface area (Å²) in [6.45, 7) is 3.73. The van der Waals surface area contributed by atoms with Gasteiger partial charge in [0.15, 0.2) is 0 Å². The molecule has 18 heavy (non-hydrogen) atoms. The van der Waals surface area contributed by atoms with Gasteiger partial charge in [-0.2, -0.15) is 0 Å². The highest BCUT2D eigenvalue weighted by atomic mass is 32.2. The maximum Gasteiger partial charge on any atom is 0.316 e. The Morgan fingerprint density at radius 2 is 1.89 bits per heavy atom. The molecule has 1 unspecified atom stereocenters. The van der Waals surface area contributed by atoms with E-state index in [-0.39, 0.29) is 17.6 Å². The van der Waals surface area contributed by atoms with Gasteiger partial charge in [0.2, 0.25) is 5.91 Å². The van der Waals surface area contributed by atoms with Crippen molar-refractivity contribution in [1.82, 2.24) is 5.32 Å². The second kappa shape index (κ2) is 7.67. The van der Waals surface area contributed by atoms with Crippen molar-refractivity contribution in [2.45, 2.75) is 57.2 Å². The molecule has 1 saturated carbocycles. The van der Waals surface area contributed by atoms with E-state index in [4.69, 9.17) is 5.11 Å². The second-order valence-electron chi connectivity index (χ2n) is 5.22. The third-order valence-electron chi connectivity index (χ3n) is 3.21. The molecule has 104 valence electrons. The highest BCUT2D eigenvalue weighted by Gasteiger charge is 2.23. The van der Waals surface area contributed by atoms with Crippen molar-refractivity contribution >= 4 is 23.6 Å². The van der Waals surface area contributed by atoms with Crippen LogP contribution in [0.5, 0.6) is 0 Å². The minimum absolute atomic E-state index is 0.0289. The van der Waals surface area contributed by atoms with E-state index < -0.39 is 11.2 Å². The van der Waals surface area contributed by atoms with Crippen LogP contribution >= 0.6 is 11.8 Å². The number of carbonyl (C=O) groups excluding carboxylic acids is 1. The number of amides is 1. The van der Waals surface area contributed by atoms with Gasteiger partial charge >= 0.3 is 5.97 Å². The normalized spacial score (nSPS) is 18.6. The lowest BCUT2D eigenvalue weighted by atomic mass is 9.95. The van der Waals surface area contributed by atoms with Crippen LogP contribution in [0, 0.1) is 5.92 Å². The van der Waals surface area contributed by atoms with Crippen LogP contribution in [0.1, 0.15) is 46.0 Å². The molecular weight excluding hydrogens is 250 g/mol. The zero-order chi connectivity index (χ0) is 13.5. The maximum atomic E-state index is 11.7. The molecule has 0 radical (unpaired) electrons. The monoisotopic (exact) mass is 273 g/mol. The van der Waals surface area contributed by atoms with Crippen molar-refractivity contribution in [2.24, 2.45) is 5.92 Å². The van der Waals surface area contributed by atoms with Crippen LogP contribution < -0.4 is 5.32 Å². The van der Waals surface area contributed by atoms with Gasteiger partial charge in [-0.3, -0.25) is 9.59 Å². The van der Waals surface area contributed by atoms with E-state index in [0.717, 1.165) is 12.8 Å². The quantitative estimate of drug-likeness (QED) is 0.779. The Balaban J connectivity index is 2.28. The van der Waals surface area contributed by atoms with E-state index in [0.29, 0.717) is 6.04 Å². The van der Waals surface area contributed by atoms with Gasteiger partial charge in [0, 0.05) is 6.04 Å². The minimum Gasteiger partial charge on any atom is -0.480 e. The zero-order valence-corrected chi connectivity index (χ0v) is 12.0. The Kier molecular flexibility index (Phi) is 6.54. The first-order chi connectivity index (χ1) is 8.50. The summed E-state index contributed by atoms with van der Waals surface area (Å²) in [5.74, 6) is -0.583. The van der Waals surface area contributed by atoms with Gasteiger partial charge in [0.05, 0.1) is 5.75 Å². The average molecular weight is 273 g/mol. The van der Waals surface area contributed by atoms with Crippen LogP contribution in [-0.4, -0.2) is 34.0 Å². The number of nitrogens with one attached hydrogen (secondary N) is 1. The van der Waals surface area contributed by atoms with Gasteiger partial charge in [-0.25, -0.2) is 0 Å². The van der Waals surface area contributed by atoms with Gasteiger partial charge in [-0.1, -0.05) is 33.1 Å². The fourth-order valence-electron chi connectivity index (χ4n) is 2.23. The second-order valence-corrected chi connectivity index (χ2v) is 6.35. The molecule has 1 atom stereocenters. The molecule has 0 bridgehead atoms. The minimum atomic E-state index is -0.833. The third kappa shape index (κ3) is 5.29. The molecule has 2 N–H and O–H groups in total. The lowest BCUT2D eigenvalue weighted by molar-refractivity contribution is -0.137. The largest absolute Gasteiger partial charge is 0.480 e. The number of rotatable bonds is 6. The molecule has 0 aromatic rings. The SMILES string of the molecule is CC(C)C(SCC(=O)NC1CCCCC1)C(=O)O. The smallest absolute Gasteiger partial charge is 0.316 e. The van der Waals surface area contributed by atoms with Gasteiger partial charge in [-0.15, -0.1) is 11.8 Å². The molecule has 1 fully saturated rings.